The molecule has 0 spiro atoms. The summed E-state index contributed by atoms with van der Waals surface area (Å²) in [7, 11) is 4.22. The lowest BCUT2D eigenvalue weighted by atomic mass is 9.53. The number of hydrogen-bond donors (Lipinski definition) is 1. The number of aryl methyl sites for hydroxylation is 1. The highest BCUT2D eigenvalue weighted by Gasteiger charge is 2.55. The van der Waals surface area contributed by atoms with E-state index in [0.717, 1.165) is 43.9 Å². The molecule has 2 fully saturated rings. The van der Waals surface area contributed by atoms with E-state index in [0.29, 0.717) is 23.0 Å². The quantitative estimate of drug-likeness (QED) is 0.693. The van der Waals surface area contributed by atoms with Gasteiger partial charge in [0.1, 0.15) is 5.75 Å². The van der Waals surface area contributed by atoms with E-state index in [-0.39, 0.29) is 0 Å². The molecule has 0 aliphatic heterocycles. The highest BCUT2D eigenvalue weighted by atomic mass is 16.5. The molecule has 156 valence electrons. The van der Waals surface area contributed by atoms with Gasteiger partial charge in [0.05, 0.1) is 6.61 Å². The lowest BCUT2D eigenvalue weighted by molar-refractivity contribution is -0.0111. The van der Waals surface area contributed by atoms with Crippen LogP contribution < -0.4 is 0 Å². The van der Waals surface area contributed by atoms with E-state index in [4.69, 9.17) is 4.74 Å². The molecule has 3 nitrogen and oxygen atoms in total. The first-order valence-corrected chi connectivity index (χ1v) is 11.4. The Balaban J connectivity index is 1.44. The second kappa shape index (κ2) is 7.99. The number of phenols is 1. The zero-order valence-electron chi connectivity index (χ0n) is 18.3. The van der Waals surface area contributed by atoms with Crippen molar-refractivity contribution in [2.24, 2.45) is 29.1 Å². The molecular weight excluding hydrogens is 346 g/mol. The van der Waals surface area contributed by atoms with Crippen molar-refractivity contribution in [3.05, 3.63) is 29.3 Å². The molecule has 0 heterocycles. The highest BCUT2D eigenvalue weighted by molar-refractivity contribution is 5.40. The van der Waals surface area contributed by atoms with Gasteiger partial charge >= 0.3 is 0 Å². The van der Waals surface area contributed by atoms with E-state index in [1.54, 1.807) is 5.56 Å². The van der Waals surface area contributed by atoms with Crippen LogP contribution in [0.25, 0.3) is 0 Å². The maximum absolute atomic E-state index is 9.88. The summed E-state index contributed by atoms with van der Waals surface area (Å²) < 4.78 is 6.04. The zero-order valence-corrected chi connectivity index (χ0v) is 18.3. The molecule has 4 rings (SSSR count). The lowest BCUT2D eigenvalue weighted by Gasteiger charge is -2.52. The van der Waals surface area contributed by atoms with Crippen molar-refractivity contribution < 1.29 is 9.84 Å². The second-order valence-corrected chi connectivity index (χ2v) is 10.4. The number of hydrogen-bond acceptors (Lipinski definition) is 3. The maximum atomic E-state index is 9.88. The first kappa shape index (κ1) is 20.2. The van der Waals surface area contributed by atoms with Crippen molar-refractivity contribution in [2.45, 2.75) is 58.3 Å². The lowest BCUT2D eigenvalue weighted by Crippen LogP contribution is -2.44. The fraction of sp³-hybridized carbons (Fsp3) is 0.760. The van der Waals surface area contributed by atoms with Crippen molar-refractivity contribution in [2.75, 3.05) is 33.9 Å². The summed E-state index contributed by atoms with van der Waals surface area (Å²) in [6.07, 6.45) is 7.90. The van der Waals surface area contributed by atoms with E-state index in [1.807, 2.05) is 12.1 Å². The van der Waals surface area contributed by atoms with Crippen molar-refractivity contribution in [3.63, 3.8) is 0 Å². The van der Waals surface area contributed by atoms with Crippen molar-refractivity contribution in [1.29, 1.82) is 0 Å². The summed E-state index contributed by atoms with van der Waals surface area (Å²) in [6.45, 7) is 7.80. The normalized spacial score (nSPS) is 35.3. The molecule has 3 aliphatic carbocycles. The van der Waals surface area contributed by atoms with Crippen LogP contribution in [0.1, 0.15) is 63.0 Å². The van der Waals surface area contributed by atoms with Gasteiger partial charge in [0.2, 0.25) is 0 Å². The molecule has 0 amide bonds. The average molecular weight is 386 g/mol. The molecule has 0 saturated heterocycles. The number of ether oxygens (including phenoxy) is 1. The van der Waals surface area contributed by atoms with Gasteiger partial charge < -0.3 is 14.7 Å². The molecule has 1 N–H and O–H groups in total. The Hall–Kier alpha value is -1.06. The standard InChI is InChI=1S/C25H39NO2/c1-17(16-28-14-13-26(3)4)23-9-10-24-22-7-5-18-15-19(27)6-8-20(18)21(22)11-12-25(23,24)2/h6,8,15,17,21-24,27H,5,7,9-14,16H2,1-4H3. The Bertz CT molecular complexity index is 687. The third-order valence-corrected chi connectivity index (χ3v) is 8.53. The van der Waals surface area contributed by atoms with Crippen LogP contribution in [0.15, 0.2) is 18.2 Å². The molecule has 6 unspecified atom stereocenters. The van der Waals surface area contributed by atoms with Gasteiger partial charge in [-0.2, -0.15) is 0 Å². The fourth-order valence-electron chi connectivity index (χ4n) is 7.18. The van der Waals surface area contributed by atoms with Crippen LogP contribution in [0.5, 0.6) is 5.75 Å². The minimum atomic E-state index is 0.432. The predicted octanol–water partition coefficient (Wildman–Crippen LogP) is 5.08. The minimum absolute atomic E-state index is 0.432. The molecule has 0 bridgehead atoms. The number of phenolic OH excluding ortho intramolecular Hbond substituents is 1. The molecule has 3 heteroatoms. The summed E-state index contributed by atoms with van der Waals surface area (Å²) in [6, 6.07) is 6.14. The number of aromatic hydroxyl groups is 1. The van der Waals surface area contributed by atoms with E-state index in [9.17, 15) is 5.11 Å². The van der Waals surface area contributed by atoms with E-state index in [2.05, 4.69) is 38.9 Å². The van der Waals surface area contributed by atoms with E-state index in [1.165, 1.54) is 37.7 Å². The number of fused-ring (bicyclic) bond motifs is 5. The van der Waals surface area contributed by atoms with E-state index >= 15 is 0 Å². The third kappa shape index (κ3) is 3.61. The molecule has 28 heavy (non-hydrogen) atoms. The SMILES string of the molecule is CC(COCCN(C)C)C1CCC2C3CCc4cc(O)ccc4C3CCC12C. The molecule has 0 radical (unpaired) electrons. The summed E-state index contributed by atoms with van der Waals surface area (Å²) in [5.74, 6) is 4.31. The van der Waals surface area contributed by atoms with Crippen molar-refractivity contribution in [1.82, 2.24) is 4.90 Å². The van der Waals surface area contributed by atoms with Crippen LogP contribution >= 0.6 is 0 Å². The Kier molecular flexibility index (Phi) is 5.77. The van der Waals surface area contributed by atoms with Crippen LogP contribution in [0.2, 0.25) is 0 Å². The molecule has 2 saturated carbocycles. The Labute approximate surface area is 171 Å². The maximum Gasteiger partial charge on any atom is 0.115 e. The number of rotatable bonds is 6. The van der Waals surface area contributed by atoms with Gasteiger partial charge in [0, 0.05) is 13.2 Å². The Morgan fingerprint density at radius 1 is 1.21 bits per heavy atom. The average Bonchev–Trinajstić information content (AvgIpc) is 3.01. The van der Waals surface area contributed by atoms with Crippen LogP contribution in [0.3, 0.4) is 0 Å². The topological polar surface area (TPSA) is 32.7 Å². The van der Waals surface area contributed by atoms with Crippen LogP contribution in [0.4, 0.5) is 0 Å². The molecule has 0 aromatic heterocycles. The summed E-state index contributed by atoms with van der Waals surface area (Å²) >= 11 is 0. The Morgan fingerprint density at radius 3 is 2.82 bits per heavy atom. The number of benzene rings is 1. The third-order valence-electron chi connectivity index (χ3n) is 8.53. The van der Waals surface area contributed by atoms with Gasteiger partial charge in [0.25, 0.3) is 0 Å². The largest absolute Gasteiger partial charge is 0.508 e. The zero-order chi connectivity index (χ0) is 19.9. The highest BCUT2D eigenvalue weighted by Crippen LogP contribution is 2.64. The van der Waals surface area contributed by atoms with Crippen LogP contribution in [-0.2, 0) is 11.2 Å². The van der Waals surface area contributed by atoms with Crippen LogP contribution in [0, 0.1) is 29.1 Å². The van der Waals surface area contributed by atoms with Gasteiger partial charge in [0.15, 0.2) is 0 Å². The fourth-order valence-corrected chi connectivity index (χ4v) is 7.18. The van der Waals surface area contributed by atoms with Crippen molar-refractivity contribution >= 4 is 0 Å². The molecule has 1 aromatic carbocycles. The monoisotopic (exact) mass is 385 g/mol. The summed E-state index contributed by atoms with van der Waals surface area (Å²) in [5.41, 5.74) is 3.43. The van der Waals surface area contributed by atoms with Crippen LogP contribution in [-0.4, -0.2) is 43.9 Å². The number of likely N-dealkylation sites (N-methyl/N-ethyl adjacent to an activating group) is 1. The summed E-state index contributed by atoms with van der Waals surface area (Å²) in [5, 5.41) is 9.88. The molecule has 3 aliphatic rings. The minimum Gasteiger partial charge on any atom is -0.508 e. The van der Waals surface area contributed by atoms with Crippen molar-refractivity contribution in [3.8, 4) is 5.75 Å². The van der Waals surface area contributed by atoms with Gasteiger partial charge in [-0.3, -0.25) is 0 Å². The molecule has 1 aromatic rings. The van der Waals surface area contributed by atoms with Gasteiger partial charge in [-0.15, -0.1) is 0 Å². The summed E-state index contributed by atoms with van der Waals surface area (Å²) in [4.78, 5) is 2.19. The Morgan fingerprint density at radius 2 is 2.04 bits per heavy atom. The van der Waals surface area contributed by atoms with Gasteiger partial charge in [-0.25, -0.2) is 0 Å². The van der Waals surface area contributed by atoms with Gasteiger partial charge in [-0.1, -0.05) is 19.9 Å². The smallest absolute Gasteiger partial charge is 0.115 e. The van der Waals surface area contributed by atoms with Gasteiger partial charge in [-0.05, 0) is 111 Å². The first-order chi connectivity index (χ1) is 13.4. The predicted molar refractivity (Wildman–Crippen MR) is 115 cm³/mol. The first-order valence-electron chi connectivity index (χ1n) is 11.4. The van der Waals surface area contributed by atoms with E-state index < -0.39 is 0 Å². The molecular formula is C25H39NO2. The molecule has 6 atom stereocenters. The number of nitrogens with zero attached hydrogens (tertiary/aromatic N) is 1. The second-order valence-electron chi connectivity index (χ2n) is 10.4.